The summed E-state index contributed by atoms with van der Waals surface area (Å²) in [5.41, 5.74) is 1.43. The van der Waals surface area contributed by atoms with Crippen molar-refractivity contribution < 1.29 is 13.2 Å². The van der Waals surface area contributed by atoms with Crippen molar-refractivity contribution in [1.29, 1.82) is 0 Å². The van der Waals surface area contributed by atoms with Crippen molar-refractivity contribution in [3.8, 4) is 0 Å². The van der Waals surface area contributed by atoms with Crippen LogP contribution < -0.4 is 10.6 Å². The smallest absolute Gasteiger partial charge is 0.352 e. The van der Waals surface area contributed by atoms with E-state index < -0.39 is 11.9 Å². The number of nitrogens with zero attached hydrogens (tertiary/aromatic N) is 2. The van der Waals surface area contributed by atoms with E-state index in [0.29, 0.717) is 17.5 Å². The van der Waals surface area contributed by atoms with Crippen LogP contribution in [0.2, 0.25) is 0 Å². The summed E-state index contributed by atoms with van der Waals surface area (Å²) in [6.07, 6.45) is -4.40. The van der Waals surface area contributed by atoms with Crippen LogP contribution in [-0.2, 0) is 19.3 Å². The highest BCUT2D eigenvalue weighted by Crippen LogP contribution is 2.29. The van der Waals surface area contributed by atoms with Gasteiger partial charge in [-0.15, -0.1) is 35.3 Å². The van der Waals surface area contributed by atoms with Gasteiger partial charge in [-0.1, -0.05) is 24.3 Å². The van der Waals surface area contributed by atoms with Crippen LogP contribution in [0.4, 0.5) is 13.2 Å². The molecule has 0 saturated heterocycles. The van der Waals surface area contributed by atoms with Crippen molar-refractivity contribution in [2.24, 2.45) is 4.99 Å². The van der Waals surface area contributed by atoms with E-state index in [4.69, 9.17) is 0 Å². The number of guanidine groups is 1. The Morgan fingerprint density at radius 3 is 2.46 bits per heavy atom. The average Bonchev–Trinajstić information content (AvgIpc) is 2.98. The number of aromatic nitrogens is 1. The Morgan fingerprint density at radius 1 is 1.21 bits per heavy atom. The molecule has 0 radical (unpaired) electrons. The highest BCUT2D eigenvalue weighted by molar-refractivity contribution is 14.0. The number of alkyl halides is 3. The Balaban J connectivity index is 0.00000288. The third kappa shape index (κ3) is 5.93. The highest BCUT2D eigenvalue weighted by atomic mass is 127. The van der Waals surface area contributed by atoms with Gasteiger partial charge in [-0.25, -0.2) is 4.98 Å². The van der Waals surface area contributed by atoms with Crippen LogP contribution in [0, 0.1) is 6.92 Å². The molecule has 1 aromatic carbocycles. The first kappa shape index (κ1) is 20.7. The van der Waals surface area contributed by atoms with Gasteiger partial charge < -0.3 is 10.6 Å². The molecule has 0 saturated carbocycles. The lowest BCUT2D eigenvalue weighted by atomic mass is 10.1. The lowest BCUT2D eigenvalue weighted by molar-refractivity contribution is -0.140. The lowest BCUT2D eigenvalue weighted by Crippen LogP contribution is -2.36. The van der Waals surface area contributed by atoms with Crippen LogP contribution in [-0.4, -0.2) is 18.0 Å². The van der Waals surface area contributed by atoms with E-state index in [2.05, 4.69) is 20.6 Å². The maximum atomic E-state index is 12.5. The maximum Gasteiger partial charge on any atom is 0.434 e. The van der Waals surface area contributed by atoms with Crippen molar-refractivity contribution >= 4 is 41.3 Å². The first-order valence-electron chi connectivity index (χ1n) is 6.91. The third-order valence-electron chi connectivity index (χ3n) is 3.18. The summed E-state index contributed by atoms with van der Waals surface area (Å²) < 4.78 is 37.5. The Morgan fingerprint density at radius 2 is 1.88 bits per heavy atom. The van der Waals surface area contributed by atoms with Gasteiger partial charge in [0.2, 0.25) is 0 Å². The fourth-order valence-electron chi connectivity index (χ4n) is 1.89. The Bertz CT molecular complexity index is 685. The van der Waals surface area contributed by atoms with Crippen molar-refractivity contribution in [2.45, 2.75) is 26.2 Å². The minimum atomic E-state index is -4.40. The molecule has 0 fully saturated rings. The lowest BCUT2D eigenvalue weighted by Gasteiger charge is -2.12. The van der Waals surface area contributed by atoms with Crippen LogP contribution in [0.1, 0.15) is 21.8 Å². The molecule has 1 heterocycles. The number of aliphatic imine (C=N–C) groups is 1. The zero-order valence-corrected chi connectivity index (χ0v) is 16.3. The predicted molar refractivity (Wildman–Crippen MR) is 101 cm³/mol. The zero-order chi connectivity index (χ0) is 16.9. The maximum absolute atomic E-state index is 12.5. The van der Waals surface area contributed by atoms with E-state index in [1.807, 2.05) is 31.2 Å². The summed E-state index contributed by atoms with van der Waals surface area (Å²) in [5.74, 6) is 0.511. The largest absolute Gasteiger partial charge is 0.434 e. The van der Waals surface area contributed by atoms with Crippen LogP contribution in [0.3, 0.4) is 0 Å². The molecule has 0 atom stereocenters. The molecule has 2 N–H and O–H groups in total. The summed E-state index contributed by atoms with van der Waals surface area (Å²) in [4.78, 5) is 7.62. The van der Waals surface area contributed by atoms with Gasteiger partial charge in [0.05, 0.1) is 6.54 Å². The molecule has 2 aromatic rings. The fourth-order valence-corrected chi connectivity index (χ4v) is 2.63. The molecule has 0 aliphatic rings. The highest BCUT2D eigenvalue weighted by Gasteiger charge is 2.33. The Kier molecular flexibility index (Phi) is 7.94. The van der Waals surface area contributed by atoms with Crippen LogP contribution in [0.15, 0.2) is 34.6 Å². The summed E-state index contributed by atoms with van der Waals surface area (Å²) in [5, 5.41) is 7.46. The Hall–Kier alpha value is -1.36. The van der Waals surface area contributed by atoms with E-state index in [9.17, 15) is 13.2 Å². The minimum Gasteiger partial charge on any atom is -0.352 e. The quantitative estimate of drug-likeness (QED) is 0.404. The van der Waals surface area contributed by atoms with Crippen molar-refractivity contribution in [1.82, 2.24) is 15.6 Å². The predicted octanol–water partition coefficient (Wildman–Crippen LogP) is 3.95. The molecule has 2 rings (SSSR count). The van der Waals surface area contributed by atoms with Crippen LogP contribution in [0.25, 0.3) is 0 Å². The molecule has 0 spiro atoms. The summed E-state index contributed by atoms with van der Waals surface area (Å²) in [7, 11) is 1.61. The number of nitrogens with one attached hydrogen (secondary N) is 2. The van der Waals surface area contributed by atoms with E-state index >= 15 is 0 Å². The second kappa shape index (κ2) is 9.21. The second-order valence-electron chi connectivity index (χ2n) is 4.83. The van der Waals surface area contributed by atoms with Crippen LogP contribution in [0.5, 0.6) is 0 Å². The minimum absolute atomic E-state index is 0. The number of rotatable bonds is 4. The number of halogens is 4. The first-order valence-corrected chi connectivity index (χ1v) is 7.78. The first-order chi connectivity index (χ1) is 10.9. The Labute approximate surface area is 159 Å². The molecule has 0 unspecified atom stereocenters. The number of benzene rings is 1. The van der Waals surface area contributed by atoms with E-state index in [-0.39, 0.29) is 30.5 Å². The molecule has 9 heteroatoms. The van der Waals surface area contributed by atoms with Crippen molar-refractivity contribution in [3.05, 3.63) is 51.5 Å². The van der Waals surface area contributed by atoms with Gasteiger partial charge in [0, 0.05) is 19.0 Å². The van der Waals surface area contributed by atoms with E-state index in [0.717, 1.165) is 27.8 Å². The van der Waals surface area contributed by atoms with Gasteiger partial charge in [-0.3, -0.25) is 4.99 Å². The van der Waals surface area contributed by atoms with Gasteiger partial charge in [0.1, 0.15) is 5.01 Å². The van der Waals surface area contributed by atoms with Gasteiger partial charge in [-0.2, -0.15) is 13.2 Å². The monoisotopic (exact) mass is 470 g/mol. The molecule has 24 heavy (non-hydrogen) atoms. The van der Waals surface area contributed by atoms with Crippen molar-refractivity contribution in [3.63, 3.8) is 0 Å². The van der Waals surface area contributed by atoms with Gasteiger partial charge in [-0.05, 0) is 18.1 Å². The molecule has 0 aliphatic heterocycles. The average molecular weight is 470 g/mol. The number of thiazole rings is 1. The molecule has 132 valence electrons. The molecule has 4 nitrogen and oxygen atoms in total. The third-order valence-corrected chi connectivity index (χ3v) is 4.03. The molecular formula is C15H18F3IN4S. The number of hydrogen-bond donors (Lipinski definition) is 2. The van der Waals surface area contributed by atoms with Gasteiger partial charge in [0.25, 0.3) is 0 Å². The molecule has 1 aromatic heterocycles. The molecule has 0 amide bonds. The SMILES string of the molecule is CN=C(NCc1nc(C(F)(F)F)cs1)NCc1ccccc1C.I. The van der Waals surface area contributed by atoms with E-state index in [1.54, 1.807) is 7.05 Å². The summed E-state index contributed by atoms with van der Waals surface area (Å²) in [6, 6.07) is 7.94. The summed E-state index contributed by atoms with van der Waals surface area (Å²) >= 11 is 0.969. The van der Waals surface area contributed by atoms with Gasteiger partial charge in [0.15, 0.2) is 11.7 Å². The van der Waals surface area contributed by atoms with E-state index in [1.165, 1.54) is 0 Å². The number of hydrogen-bond acceptors (Lipinski definition) is 3. The van der Waals surface area contributed by atoms with Gasteiger partial charge >= 0.3 is 6.18 Å². The second-order valence-corrected chi connectivity index (χ2v) is 5.77. The zero-order valence-electron chi connectivity index (χ0n) is 13.1. The van der Waals surface area contributed by atoms with Crippen LogP contribution >= 0.6 is 35.3 Å². The molecule has 0 aliphatic carbocycles. The van der Waals surface area contributed by atoms with Crippen molar-refractivity contribution in [2.75, 3.05) is 7.05 Å². The normalized spacial score (nSPS) is 11.8. The molecule has 0 bridgehead atoms. The summed E-state index contributed by atoms with van der Waals surface area (Å²) in [6.45, 7) is 2.79. The fraction of sp³-hybridized carbons (Fsp3) is 0.333. The topological polar surface area (TPSA) is 49.3 Å². The molecular weight excluding hydrogens is 452 g/mol. The number of aryl methyl sites for hydroxylation is 1. The standard InChI is InChI=1S/C15H17F3N4S.HI/c1-10-5-3-4-6-11(10)7-20-14(19-2)21-8-13-22-12(9-23-13)15(16,17)18;/h3-6,9H,7-8H2,1-2H3,(H2,19,20,21);1H.